The minimum Gasteiger partial charge on any atom is -0.258 e. The van der Waals surface area contributed by atoms with E-state index in [1.165, 1.54) is 36.2 Å². The molecule has 1 aromatic rings. The van der Waals surface area contributed by atoms with Gasteiger partial charge >= 0.3 is 5.00 Å². The highest BCUT2D eigenvalue weighted by Gasteiger charge is 2.10. The number of hydrogen-bond acceptors (Lipinski definition) is 3. The lowest BCUT2D eigenvalue weighted by atomic mass is 9.94. The van der Waals surface area contributed by atoms with Gasteiger partial charge < -0.3 is 0 Å². The Morgan fingerprint density at radius 1 is 1.27 bits per heavy atom. The van der Waals surface area contributed by atoms with Crippen molar-refractivity contribution in [1.82, 2.24) is 0 Å². The van der Waals surface area contributed by atoms with Gasteiger partial charge in [-0.05, 0) is 37.8 Å². The lowest BCUT2D eigenvalue weighted by Crippen LogP contribution is -1.92. The normalized spacial score (nSPS) is 16.4. The summed E-state index contributed by atoms with van der Waals surface area (Å²) < 4.78 is 0. The van der Waals surface area contributed by atoms with Crippen LogP contribution in [0.3, 0.4) is 0 Å². The van der Waals surface area contributed by atoms with Crippen molar-refractivity contribution in [2.24, 2.45) is 0 Å². The number of nitro groups is 1. The van der Waals surface area contributed by atoms with E-state index in [9.17, 15) is 10.1 Å². The Kier molecular flexibility index (Phi) is 3.16. The molecule has 0 N–H and O–H groups in total. The monoisotopic (exact) mass is 223 g/mol. The summed E-state index contributed by atoms with van der Waals surface area (Å²) >= 11 is 1.26. The van der Waals surface area contributed by atoms with Gasteiger partial charge in [-0.2, -0.15) is 0 Å². The summed E-state index contributed by atoms with van der Waals surface area (Å²) in [6.07, 6.45) is 8.29. The Labute approximate surface area is 92.6 Å². The van der Waals surface area contributed by atoms with E-state index in [1.54, 1.807) is 6.07 Å². The molecule has 0 atom stereocenters. The molecule has 0 aliphatic heterocycles. The second kappa shape index (κ2) is 4.57. The SMILES string of the molecule is O=[N+]([O-])c1ccc(C=C2CCCCC2)s1. The number of allylic oxidation sites excluding steroid dienone is 1. The van der Waals surface area contributed by atoms with Crippen LogP contribution in [0.2, 0.25) is 0 Å². The standard InChI is InChI=1S/C11H13NO2S/c13-12(14)11-7-6-10(15-11)8-9-4-2-1-3-5-9/h6-8H,1-5H2. The maximum absolute atomic E-state index is 10.5. The van der Waals surface area contributed by atoms with Gasteiger partial charge in [0.05, 0.1) is 4.92 Å². The molecule has 0 spiro atoms. The van der Waals surface area contributed by atoms with Gasteiger partial charge in [-0.15, -0.1) is 0 Å². The van der Waals surface area contributed by atoms with Crippen molar-refractivity contribution < 1.29 is 4.92 Å². The van der Waals surface area contributed by atoms with Crippen LogP contribution < -0.4 is 0 Å². The average molecular weight is 223 g/mol. The Bertz CT molecular complexity index is 387. The van der Waals surface area contributed by atoms with Crippen LogP contribution in [0.25, 0.3) is 6.08 Å². The third-order valence-electron chi connectivity index (χ3n) is 2.63. The Morgan fingerprint density at radius 2 is 2.00 bits per heavy atom. The molecular formula is C11H13NO2S. The van der Waals surface area contributed by atoms with Gasteiger partial charge in [-0.3, -0.25) is 10.1 Å². The van der Waals surface area contributed by atoms with E-state index in [4.69, 9.17) is 0 Å². The zero-order valence-electron chi connectivity index (χ0n) is 8.44. The highest BCUT2D eigenvalue weighted by molar-refractivity contribution is 7.16. The summed E-state index contributed by atoms with van der Waals surface area (Å²) in [4.78, 5) is 11.2. The third kappa shape index (κ3) is 2.65. The van der Waals surface area contributed by atoms with Gasteiger partial charge in [0.1, 0.15) is 0 Å². The van der Waals surface area contributed by atoms with Crippen LogP contribution in [0.5, 0.6) is 0 Å². The molecule has 0 aromatic carbocycles. The van der Waals surface area contributed by atoms with E-state index in [2.05, 4.69) is 6.08 Å². The van der Waals surface area contributed by atoms with Gasteiger partial charge in [-0.1, -0.05) is 23.3 Å². The fourth-order valence-electron chi connectivity index (χ4n) is 1.87. The summed E-state index contributed by atoms with van der Waals surface area (Å²) in [5.41, 5.74) is 1.44. The molecule has 1 saturated carbocycles. The second-order valence-corrected chi connectivity index (χ2v) is 4.89. The van der Waals surface area contributed by atoms with Crippen molar-refractivity contribution in [2.75, 3.05) is 0 Å². The highest BCUT2D eigenvalue weighted by Crippen LogP contribution is 2.29. The molecule has 0 saturated heterocycles. The Morgan fingerprint density at radius 3 is 2.60 bits per heavy atom. The molecule has 0 radical (unpaired) electrons. The maximum Gasteiger partial charge on any atom is 0.324 e. The molecule has 0 amide bonds. The van der Waals surface area contributed by atoms with Crippen LogP contribution in [0.15, 0.2) is 17.7 Å². The van der Waals surface area contributed by atoms with Crippen LogP contribution in [-0.4, -0.2) is 4.92 Å². The zero-order chi connectivity index (χ0) is 10.7. The van der Waals surface area contributed by atoms with Gasteiger partial charge in [0, 0.05) is 10.9 Å². The molecule has 80 valence electrons. The molecular weight excluding hydrogens is 210 g/mol. The second-order valence-electron chi connectivity index (χ2n) is 3.80. The predicted molar refractivity (Wildman–Crippen MR) is 62.0 cm³/mol. The van der Waals surface area contributed by atoms with Crippen molar-refractivity contribution in [2.45, 2.75) is 32.1 Å². The van der Waals surface area contributed by atoms with Crippen molar-refractivity contribution in [3.63, 3.8) is 0 Å². The quantitative estimate of drug-likeness (QED) is 0.561. The van der Waals surface area contributed by atoms with E-state index in [1.807, 2.05) is 6.07 Å². The van der Waals surface area contributed by atoms with Crippen molar-refractivity contribution in [1.29, 1.82) is 0 Å². The molecule has 2 rings (SSSR count). The van der Waals surface area contributed by atoms with Crippen molar-refractivity contribution in [3.05, 3.63) is 32.7 Å². The summed E-state index contributed by atoms with van der Waals surface area (Å²) in [5.74, 6) is 0. The minimum absolute atomic E-state index is 0.234. The average Bonchev–Trinajstić information content (AvgIpc) is 2.68. The smallest absolute Gasteiger partial charge is 0.258 e. The first-order valence-electron chi connectivity index (χ1n) is 5.19. The molecule has 1 fully saturated rings. The summed E-state index contributed by atoms with van der Waals surface area (Å²) in [5, 5.41) is 10.7. The van der Waals surface area contributed by atoms with E-state index in [0.717, 1.165) is 17.7 Å². The predicted octanol–water partition coefficient (Wildman–Crippen LogP) is 4.00. The molecule has 1 heterocycles. The lowest BCUT2D eigenvalue weighted by molar-refractivity contribution is -0.380. The fraction of sp³-hybridized carbons (Fsp3) is 0.455. The topological polar surface area (TPSA) is 43.1 Å². The number of thiophene rings is 1. The van der Waals surface area contributed by atoms with Gasteiger partial charge in [0.2, 0.25) is 0 Å². The van der Waals surface area contributed by atoms with Crippen LogP contribution in [0.4, 0.5) is 5.00 Å². The summed E-state index contributed by atoms with van der Waals surface area (Å²) in [6.45, 7) is 0. The first kappa shape index (κ1) is 10.4. The van der Waals surface area contributed by atoms with Gasteiger partial charge in [0.15, 0.2) is 0 Å². The first-order valence-corrected chi connectivity index (χ1v) is 6.01. The highest BCUT2D eigenvalue weighted by atomic mass is 32.1. The molecule has 1 aliphatic rings. The van der Waals surface area contributed by atoms with E-state index < -0.39 is 0 Å². The van der Waals surface area contributed by atoms with E-state index >= 15 is 0 Å². The van der Waals surface area contributed by atoms with Crippen LogP contribution in [0, 0.1) is 10.1 Å². The first-order chi connectivity index (χ1) is 7.25. The minimum atomic E-state index is -0.326. The number of rotatable bonds is 2. The summed E-state index contributed by atoms with van der Waals surface area (Å²) in [7, 11) is 0. The largest absolute Gasteiger partial charge is 0.324 e. The zero-order valence-corrected chi connectivity index (χ0v) is 9.26. The summed E-state index contributed by atoms with van der Waals surface area (Å²) in [6, 6.07) is 3.42. The van der Waals surface area contributed by atoms with Crippen molar-refractivity contribution >= 4 is 22.4 Å². The van der Waals surface area contributed by atoms with Gasteiger partial charge in [-0.25, -0.2) is 0 Å². The Balaban J connectivity index is 2.12. The molecule has 0 bridgehead atoms. The third-order valence-corrected chi connectivity index (χ3v) is 3.62. The van der Waals surface area contributed by atoms with Crippen molar-refractivity contribution in [3.8, 4) is 0 Å². The molecule has 1 aliphatic carbocycles. The molecule has 1 aromatic heterocycles. The van der Waals surface area contributed by atoms with Crippen LogP contribution in [0.1, 0.15) is 37.0 Å². The maximum atomic E-state index is 10.5. The van der Waals surface area contributed by atoms with E-state index in [0.29, 0.717) is 0 Å². The lowest BCUT2D eigenvalue weighted by Gasteiger charge is -2.12. The molecule has 15 heavy (non-hydrogen) atoms. The molecule has 4 heteroatoms. The fourth-order valence-corrected chi connectivity index (χ4v) is 2.68. The number of hydrogen-bond donors (Lipinski definition) is 0. The van der Waals surface area contributed by atoms with Gasteiger partial charge in [0.25, 0.3) is 0 Å². The molecule has 0 unspecified atom stereocenters. The molecule has 3 nitrogen and oxygen atoms in total. The van der Waals surface area contributed by atoms with E-state index in [-0.39, 0.29) is 9.92 Å². The number of nitrogens with zero attached hydrogens (tertiary/aromatic N) is 1. The Hall–Kier alpha value is -1.16. The van der Waals surface area contributed by atoms with Crippen LogP contribution >= 0.6 is 11.3 Å². The van der Waals surface area contributed by atoms with Crippen LogP contribution in [-0.2, 0) is 0 Å².